The Labute approximate surface area is 166 Å². The highest BCUT2D eigenvalue weighted by Crippen LogP contribution is 2.52. The van der Waals surface area contributed by atoms with Crippen LogP contribution in [-0.2, 0) is 16.0 Å². The fraction of sp³-hybridized carbons (Fsp3) is 0.381. The summed E-state index contributed by atoms with van der Waals surface area (Å²) in [6, 6.07) is 11.5. The van der Waals surface area contributed by atoms with Gasteiger partial charge in [0.15, 0.2) is 0 Å². The smallest absolute Gasteiger partial charge is 0.307 e. The quantitative estimate of drug-likeness (QED) is 0.694. The van der Waals surface area contributed by atoms with Gasteiger partial charge in [0, 0.05) is 11.3 Å². The number of carboxylic acid groups (broad SMARTS) is 1. The maximum atomic E-state index is 12.9. The fourth-order valence-corrected chi connectivity index (χ4v) is 5.92. The number of carboxylic acids is 1. The fourth-order valence-electron chi connectivity index (χ4n) is 4.82. The Morgan fingerprint density at radius 1 is 1.11 bits per heavy atom. The van der Waals surface area contributed by atoms with Gasteiger partial charge in [0.05, 0.1) is 17.4 Å². The zero-order valence-corrected chi connectivity index (χ0v) is 16.1. The molecule has 1 aromatic heterocycles. The Bertz CT molecular complexity index is 924. The van der Waals surface area contributed by atoms with E-state index in [4.69, 9.17) is 5.73 Å². The minimum atomic E-state index is -0.904. The molecule has 146 valence electrons. The number of amides is 2. The Morgan fingerprint density at radius 3 is 2.43 bits per heavy atom. The van der Waals surface area contributed by atoms with E-state index in [-0.39, 0.29) is 23.3 Å². The van der Waals surface area contributed by atoms with Crippen molar-refractivity contribution in [3.63, 3.8) is 0 Å². The van der Waals surface area contributed by atoms with Crippen LogP contribution in [0.25, 0.3) is 0 Å². The highest BCUT2D eigenvalue weighted by molar-refractivity contribution is 7.16. The summed E-state index contributed by atoms with van der Waals surface area (Å²) < 4.78 is 0. The largest absolute Gasteiger partial charge is 0.481 e. The molecule has 2 amide bonds. The molecule has 28 heavy (non-hydrogen) atoms. The predicted octanol–water partition coefficient (Wildman–Crippen LogP) is 3.12. The first kappa shape index (κ1) is 18.7. The second-order valence-corrected chi connectivity index (χ2v) is 8.83. The normalized spacial score (nSPS) is 25.6. The molecule has 0 saturated heterocycles. The molecule has 6 nitrogen and oxygen atoms in total. The zero-order chi connectivity index (χ0) is 19.8. The number of nitrogens with two attached hydrogens (primary N) is 1. The van der Waals surface area contributed by atoms with Gasteiger partial charge >= 0.3 is 5.97 Å². The molecule has 4 atom stereocenters. The molecule has 4 N–H and O–H groups in total. The van der Waals surface area contributed by atoms with E-state index in [1.165, 1.54) is 11.3 Å². The molecule has 4 rings (SSSR count). The van der Waals surface area contributed by atoms with Crippen molar-refractivity contribution < 1.29 is 19.5 Å². The van der Waals surface area contributed by atoms with Crippen molar-refractivity contribution in [1.82, 2.24) is 0 Å². The molecule has 0 radical (unpaired) electrons. The number of fused-ring (bicyclic) bond motifs is 2. The average molecular weight is 398 g/mol. The topological polar surface area (TPSA) is 109 Å². The van der Waals surface area contributed by atoms with Crippen molar-refractivity contribution in [3.05, 3.63) is 52.4 Å². The third-order valence-electron chi connectivity index (χ3n) is 6.01. The van der Waals surface area contributed by atoms with Gasteiger partial charge in [-0.25, -0.2) is 0 Å². The lowest BCUT2D eigenvalue weighted by Crippen LogP contribution is -2.38. The number of carbonyl (C=O) groups excluding carboxylic acids is 2. The van der Waals surface area contributed by atoms with E-state index in [9.17, 15) is 19.5 Å². The van der Waals surface area contributed by atoms with Gasteiger partial charge in [0.1, 0.15) is 5.00 Å². The number of thiophene rings is 1. The van der Waals surface area contributed by atoms with Crippen LogP contribution in [0.15, 0.2) is 36.4 Å². The third-order valence-corrected chi connectivity index (χ3v) is 7.06. The van der Waals surface area contributed by atoms with Gasteiger partial charge in [-0.1, -0.05) is 30.3 Å². The highest BCUT2D eigenvalue weighted by Gasteiger charge is 2.54. The van der Waals surface area contributed by atoms with Crippen LogP contribution in [-0.4, -0.2) is 22.9 Å². The van der Waals surface area contributed by atoms with Crippen molar-refractivity contribution in [3.8, 4) is 0 Å². The summed E-state index contributed by atoms with van der Waals surface area (Å²) in [6.07, 6.45) is 3.19. The SMILES string of the molecule is NC(=O)c1cc(Cc2ccccc2)sc1NC(=O)[C@H]1[C@H]2CC[C@@H](C2)[C@@H]1C(=O)O. The summed E-state index contributed by atoms with van der Waals surface area (Å²) in [5.41, 5.74) is 6.88. The number of rotatable bonds is 6. The molecule has 0 unspecified atom stereocenters. The van der Waals surface area contributed by atoms with Crippen LogP contribution in [0.2, 0.25) is 0 Å². The van der Waals surface area contributed by atoms with E-state index >= 15 is 0 Å². The first-order valence-electron chi connectivity index (χ1n) is 9.44. The maximum absolute atomic E-state index is 12.9. The summed E-state index contributed by atoms with van der Waals surface area (Å²) in [7, 11) is 0. The Balaban J connectivity index is 1.56. The van der Waals surface area contributed by atoms with Crippen molar-refractivity contribution >= 4 is 34.1 Å². The minimum absolute atomic E-state index is 0.0749. The Morgan fingerprint density at radius 2 is 1.79 bits per heavy atom. The lowest BCUT2D eigenvalue weighted by atomic mass is 9.79. The molecule has 2 saturated carbocycles. The van der Waals surface area contributed by atoms with E-state index in [1.54, 1.807) is 6.07 Å². The van der Waals surface area contributed by atoms with Crippen LogP contribution in [0.1, 0.15) is 40.1 Å². The molecule has 1 heterocycles. The third kappa shape index (κ3) is 3.42. The van der Waals surface area contributed by atoms with Crippen LogP contribution in [0.4, 0.5) is 5.00 Å². The molecule has 2 aromatic rings. The molecule has 0 spiro atoms. The van der Waals surface area contributed by atoms with Crippen LogP contribution >= 0.6 is 11.3 Å². The lowest BCUT2D eigenvalue weighted by Gasteiger charge is -2.26. The number of primary amides is 1. The van der Waals surface area contributed by atoms with Gasteiger partial charge < -0.3 is 16.2 Å². The molecule has 2 aliphatic rings. The summed E-state index contributed by atoms with van der Waals surface area (Å²) in [5, 5.41) is 12.8. The second-order valence-electron chi connectivity index (χ2n) is 7.69. The van der Waals surface area contributed by atoms with Crippen molar-refractivity contribution in [2.24, 2.45) is 29.4 Å². The van der Waals surface area contributed by atoms with Gasteiger partial charge in [0.25, 0.3) is 5.91 Å². The van der Waals surface area contributed by atoms with Gasteiger partial charge in [0.2, 0.25) is 5.91 Å². The number of aliphatic carboxylic acids is 1. The van der Waals surface area contributed by atoms with Gasteiger partial charge in [-0.05, 0) is 42.7 Å². The van der Waals surface area contributed by atoms with E-state index in [2.05, 4.69) is 5.32 Å². The van der Waals surface area contributed by atoms with E-state index in [0.717, 1.165) is 29.7 Å². The van der Waals surface area contributed by atoms with Crippen molar-refractivity contribution in [1.29, 1.82) is 0 Å². The van der Waals surface area contributed by atoms with Crippen LogP contribution in [0.5, 0.6) is 0 Å². The van der Waals surface area contributed by atoms with Crippen molar-refractivity contribution in [2.75, 3.05) is 5.32 Å². The zero-order valence-electron chi connectivity index (χ0n) is 15.3. The summed E-state index contributed by atoms with van der Waals surface area (Å²) in [4.78, 5) is 37.4. The first-order chi connectivity index (χ1) is 13.4. The molecule has 1 aromatic carbocycles. The maximum Gasteiger partial charge on any atom is 0.307 e. The van der Waals surface area contributed by atoms with E-state index < -0.39 is 23.7 Å². The predicted molar refractivity (Wildman–Crippen MR) is 106 cm³/mol. The molecule has 2 aliphatic carbocycles. The monoisotopic (exact) mass is 398 g/mol. The number of hydrogen-bond acceptors (Lipinski definition) is 4. The Hall–Kier alpha value is -2.67. The van der Waals surface area contributed by atoms with Crippen LogP contribution < -0.4 is 11.1 Å². The van der Waals surface area contributed by atoms with Gasteiger partial charge in [-0.15, -0.1) is 11.3 Å². The first-order valence-corrected chi connectivity index (χ1v) is 10.3. The molecule has 2 fully saturated rings. The lowest BCUT2D eigenvalue weighted by molar-refractivity contribution is -0.148. The molecule has 7 heteroatoms. The average Bonchev–Trinajstić information content (AvgIpc) is 3.36. The molecular weight excluding hydrogens is 376 g/mol. The summed E-state index contributed by atoms with van der Waals surface area (Å²) in [6.45, 7) is 0. The van der Waals surface area contributed by atoms with E-state index in [0.29, 0.717) is 11.4 Å². The van der Waals surface area contributed by atoms with Gasteiger partial charge in [-0.2, -0.15) is 0 Å². The number of anilines is 1. The summed E-state index contributed by atoms with van der Waals surface area (Å²) >= 11 is 1.32. The van der Waals surface area contributed by atoms with Gasteiger partial charge in [-0.3, -0.25) is 14.4 Å². The van der Waals surface area contributed by atoms with Crippen molar-refractivity contribution in [2.45, 2.75) is 25.7 Å². The molecule has 0 aliphatic heterocycles. The van der Waals surface area contributed by atoms with E-state index in [1.807, 2.05) is 30.3 Å². The number of hydrogen-bond donors (Lipinski definition) is 3. The summed E-state index contributed by atoms with van der Waals surface area (Å²) in [5.74, 6) is -2.82. The highest BCUT2D eigenvalue weighted by atomic mass is 32.1. The van der Waals surface area contributed by atoms with Crippen LogP contribution in [0, 0.1) is 23.7 Å². The number of benzene rings is 1. The molecular formula is C21H22N2O4S. The second kappa shape index (κ2) is 7.39. The standard InChI is InChI=1S/C21H22N2O4S/c22-18(24)15-10-14(8-11-4-2-1-3-5-11)28-20(15)23-19(25)16-12-6-7-13(9-12)17(16)21(26)27/h1-5,10,12-13,16-17H,6-9H2,(H2,22,24)(H,23,25)(H,26,27)/t12-,13-,16-,17-/m0/s1. The van der Waals surface area contributed by atoms with Crippen LogP contribution in [0.3, 0.4) is 0 Å². The molecule has 2 bridgehead atoms. The number of carbonyl (C=O) groups is 3. The Kier molecular flexibility index (Phi) is 4.93. The minimum Gasteiger partial charge on any atom is -0.481 e. The number of nitrogens with one attached hydrogen (secondary N) is 1.